The summed E-state index contributed by atoms with van der Waals surface area (Å²) < 4.78 is 22.5. The Morgan fingerprint density at radius 1 is 1.30 bits per heavy atom. The zero-order valence-electron chi connectivity index (χ0n) is 11.2. The van der Waals surface area contributed by atoms with Crippen LogP contribution >= 0.6 is 10.7 Å². The Hall–Kier alpha value is -1.59. The molecule has 1 aromatic rings. The summed E-state index contributed by atoms with van der Waals surface area (Å²) in [4.78, 5) is 13.9. The highest BCUT2D eigenvalue weighted by Crippen LogP contribution is 2.20. The predicted molar refractivity (Wildman–Crippen MR) is 80.5 cm³/mol. The van der Waals surface area contributed by atoms with Crippen LogP contribution in [0.15, 0.2) is 48.4 Å². The van der Waals surface area contributed by atoms with Gasteiger partial charge in [0.2, 0.25) is 0 Å². The predicted octanol–water partition coefficient (Wildman–Crippen LogP) is 2.74. The average molecular weight is 314 g/mol. The molecule has 108 valence electrons. The van der Waals surface area contributed by atoms with E-state index >= 15 is 0 Å². The van der Waals surface area contributed by atoms with E-state index in [1.165, 1.54) is 18.2 Å². The summed E-state index contributed by atoms with van der Waals surface area (Å²) in [6, 6.07) is 4.17. The van der Waals surface area contributed by atoms with E-state index in [1.54, 1.807) is 24.0 Å². The number of nitrogens with zero attached hydrogens (tertiary/aromatic N) is 1. The van der Waals surface area contributed by atoms with Crippen molar-refractivity contribution >= 4 is 25.6 Å². The summed E-state index contributed by atoms with van der Waals surface area (Å²) in [5.41, 5.74) is 0.979. The second kappa shape index (κ2) is 6.72. The molecule has 0 bridgehead atoms. The molecule has 0 aliphatic carbocycles. The lowest BCUT2D eigenvalue weighted by atomic mass is 10.1. The minimum absolute atomic E-state index is 0.0211. The molecule has 0 saturated heterocycles. The first-order valence-corrected chi connectivity index (χ1v) is 8.18. The lowest BCUT2D eigenvalue weighted by Crippen LogP contribution is -2.31. The lowest BCUT2D eigenvalue weighted by molar-refractivity contribution is 0.0790. The van der Waals surface area contributed by atoms with Gasteiger partial charge in [-0.05, 0) is 30.7 Å². The number of carbonyl (C=O) groups is 1. The van der Waals surface area contributed by atoms with E-state index in [0.717, 1.165) is 0 Å². The molecule has 0 spiro atoms. The van der Waals surface area contributed by atoms with Gasteiger partial charge in [0.25, 0.3) is 15.0 Å². The highest BCUT2D eigenvalue weighted by molar-refractivity contribution is 8.13. The zero-order valence-corrected chi connectivity index (χ0v) is 12.7. The van der Waals surface area contributed by atoms with E-state index in [0.29, 0.717) is 24.2 Å². The van der Waals surface area contributed by atoms with Crippen molar-refractivity contribution in [3.8, 4) is 0 Å². The lowest BCUT2D eigenvalue weighted by Gasteiger charge is -2.20. The Bertz CT molecular complexity index is 628. The first-order valence-electron chi connectivity index (χ1n) is 5.87. The van der Waals surface area contributed by atoms with Gasteiger partial charge in [-0.15, -0.1) is 13.2 Å². The number of halogens is 1. The van der Waals surface area contributed by atoms with E-state index in [2.05, 4.69) is 13.2 Å². The summed E-state index contributed by atoms with van der Waals surface area (Å²) in [6.07, 6.45) is 3.24. The third-order valence-electron chi connectivity index (χ3n) is 2.70. The van der Waals surface area contributed by atoms with Gasteiger partial charge in [0, 0.05) is 29.3 Å². The Kier molecular flexibility index (Phi) is 5.53. The van der Waals surface area contributed by atoms with E-state index in [9.17, 15) is 13.2 Å². The van der Waals surface area contributed by atoms with Crippen LogP contribution in [0.3, 0.4) is 0 Å². The second-order valence-corrected chi connectivity index (χ2v) is 6.77. The third kappa shape index (κ3) is 3.95. The molecule has 0 saturated carbocycles. The second-order valence-electron chi connectivity index (χ2n) is 4.20. The number of rotatable bonds is 6. The van der Waals surface area contributed by atoms with Gasteiger partial charge in [0.1, 0.15) is 0 Å². The fraction of sp³-hybridized carbons (Fsp3) is 0.214. The van der Waals surface area contributed by atoms with Gasteiger partial charge in [-0.2, -0.15) is 0 Å². The maximum Gasteiger partial charge on any atom is 0.261 e. The molecular formula is C14H16ClNO3S. The van der Waals surface area contributed by atoms with Crippen LogP contribution in [0.5, 0.6) is 0 Å². The van der Waals surface area contributed by atoms with Crippen molar-refractivity contribution in [3.05, 3.63) is 54.6 Å². The SMILES string of the molecule is C=CCN(CC=C)C(=O)c1ccc(S(=O)(=O)Cl)cc1C. The van der Waals surface area contributed by atoms with E-state index in [-0.39, 0.29) is 10.8 Å². The van der Waals surface area contributed by atoms with Gasteiger partial charge < -0.3 is 4.90 Å². The molecule has 20 heavy (non-hydrogen) atoms. The molecule has 0 unspecified atom stereocenters. The fourth-order valence-corrected chi connectivity index (χ4v) is 2.59. The van der Waals surface area contributed by atoms with Crippen LogP contribution in [-0.2, 0) is 9.05 Å². The van der Waals surface area contributed by atoms with Gasteiger partial charge in [-0.1, -0.05) is 12.2 Å². The maximum atomic E-state index is 12.4. The summed E-state index contributed by atoms with van der Waals surface area (Å²) in [7, 11) is 1.48. The van der Waals surface area contributed by atoms with Gasteiger partial charge in [-0.3, -0.25) is 4.79 Å². The first-order chi connectivity index (χ1) is 9.31. The number of benzene rings is 1. The van der Waals surface area contributed by atoms with Gasteiger partial charge in [0.15, 0.2) is 0 Å². The summed E-state index contributed by atoms with van der Waals surface area (Å²) in [5, 5.41) is 0. The summed E-state index contributed by atoms with van der Waals surface area (Å²) in [6.45, 7) is 9.65. The molecule has 0 fully saturated rings. The van der Waals surface area contributed by atoms with Crippen LogP contribution < -0.4 is 0 Å². The molecule has 0 heterocycles. The highest BCUT2D eigenvalue weighted by Gasteiger charge is 2.18. The number of hydrogen-bond donors (Lipinski definition) is 0. The van der Waals surface area contributed by atoms with E-state index < -0.39 is 9.05 Å². The molecule has 0 N–H and O–H groups in total. The summed E-state index contributed by atoms with van der Waals surface area (Å²) in [5.74, 6) is -0.208. The quantitative estimate of drug-likeness (QED) is 0.599. The monoisotopic (exact) mass is 313 g/mol. The standard InChI is InChI=1S/C14H16ClNO3S/c1-4-8-16(9-5-2)14(17)13-7-6-12(10-11(13)3)20(15,18)19/h4-7,10H,1-2,8-9H2,3H3. The van der Waals surface area contributed by atoms with Gasteiger partial charge in [-0.25, -0.2) is 8.42 Å². The molecule has 6 heteroatoms. The van der Waals surface area contributed by atoms with Crippen LogP contribution in [0.1, 0.15) is 15.9 Å². The fourth-order valence-electron chi connectivity index (χ4n) is 1.75. The Labute approximate surface area is 123 Å². The van der Waals surface area contributed by atoms with Crippen LogP contribution in [0.25, 0.3) is 0 Å². The molecule has 1 rings (SSSR count). The highest BCUT2D eigenvalue weighted by atomic mass is 35.7. The Morgan fingerprint density at radius 3 is 2.25 bits per heavy atom. The molecule has 0 aromatic heterocycles. The van der Waals surface area contributed by atoms with Crippen molar-refractivity contribution in [1.29, 1.82) is 0 Å². The summed E-state index contributed by atoms with van der Waals surface area (Å²) >= 11 is 0. The zero-order chi connectivity index (χ0) is 15.3. The van der Waals surface area contributed by atoms with E-state index in [4.69, 9.17) is 10.7 Å². The van der Waals surface area contributed by atoms with Crippen LogP contribution in [-0.4, -0.2) is 32.3 Å². The van der Waals surface area contributed by atoms with Gasteiger partial charge >= 0.3 is 0 Å². The van der Waals surface area contributed by atoms with Crippen molar-refractivity contribution in [2.45, 2.75) is 11.8 Å². The molecule has 0 radical (unpaired) electrons. The van der Waals surface area contributed by atoms with Crippen molar-refractivity contribution in [3.63, 3.8) is 0 Å². The molecule has 0 aliphatic rings. The topological polar surface area (TPSA) is 54.5 Å². The van der Waals surface area contributed by atoms with Crippen LogP contribution in [0.4, 0.5) is 0 Å². The average Bonchev–Trinajstić information content (AvgIpc) is 2.36. The third-order valence-corrected chi connectivity index (χ3v) is 4.05. The van der Waals surface area contributed by atoms with Crippen molar-refractivity contribution in [1.82, 2.24) is 4.90 Å². The molecule has 1 aromatic carbocycles. The Morgan fingerprint density at radius 2 is 1.85 bits per heavy atom. The van der Waals surface area contributed by atoms with Crippen molar-refractivity contribution in [2.75, 3.05) is 13.1 Å². The molecular weight excluding hydrogens is 298 g/mol. The van der Waals surface area contributed by atoms with Crippen LogP contribution in [0.2, 0.25) is 0 Å². The molecule has 0 atom stereocenters. The van der Waals surface area contributed by atoms with Crippen molar-refractivity contribution in [2.24, 2.45) is 0 Å². The number of aryl methyl sites for hydroxylation is 1. The number of hydrogen-bond acceptors (Lipinski definition) is 3. The van der Waals surface area contributed by atoms with Crippen LogP contribution in [0, 0.1) is 6.92 Å². The maximum absolute atomic E-state index is 12.4. The number of amides is 1. The minimum atomic E-state index is -3.79. The number of carbonyl (C=O) groups excluding carboxylic acids is 1. The minimum Gasteiger partial charge on any atom is -0.331 e. The Balaban J connectivity index is 3.16. The normalized spacial score (nSPS) is 10.9. The van der Waals surface area contributed by atoms with Crippen molar-refractivity contribution < 1.29 is 13.2 Å². The molecule has 1 amide bonds. The molecule has 0 aliphatic heterocycles. The molecule has 4 nitrogen and oxygen atoms in total. The van der Waals surface area contributed by atoms with E-state index in [1.807, 2.05) is 0 Å². The first kappa shape index (κ1) is 16.5. The largest absolute Gasteiger partial charge is 0.331 e. The van der Waals surface area contributed by atoms with Gasteiger partial charge in [0.05, 0.1) is 4.90 Å². The smallest absolute Gasteiger partial charge is 0.261 e.